The van der Waals surface area contributed by atoms with Crippen LogP contribution in [0, 0.1) is 0 Å². The average molecular weight is 865 g/mol. The summed E-state index contributed by atoms with van der Waals surface area (Å²) >= 11 is 0. The Morgan fingerprint density at radius 1 is 0.339 bits per heavy atom. The number of unbranched alkanes of at least 4 members (excludes halogenated alkanes) is 23. The SMILES string of the molecule is CC/C=C\C/C=C\C/C=C\C/C=C\C/C=C\CCC(=O)OC(COC(=O)CCC/C=C\CCCCCC)COC(=O)CCCCCCCCCCCCCCCCCCCCC. The Morgan fingerprint density at radius 3 is 1.11 bits per heavy atom. The van der Waals surface area contributed by atoms with Gasteiger partial charge in [-0.15, -0.1) is 0 Å². The van der Waals surface area contributed by atoms with Gasteiger partial charge in [0.2, 0.25) is 0 Å². The van der Waals surface area contributed by atoms with Gasteiger partial charge in [-0.1, -0.05) is 229 Å². The molecule has 0 aliphatic heterocycles. The van der Waals surface area contributed by atoms with Gasteiger partial charge in [0.15, 0.2) is 6.10 Å². The van der Waals surface area contributed by atoms with Crippen LogP contribution in [-0.2, 0) is 28.6 Å². The zero-order valence-corrected chi connectivity index (χ0v) is 40.6. The maximum atomic E-state index is 12.7. The molecule has 356 valence electrons. The Hall–Kier alpha value is -3.15. The lowest BCUT2D eigenvalue weighted by molar-refractivity contribution is -0.166. The molecule has 62 heavy (non-hydrogen) atoms. The van der Waals surface area contributed by atoms with Crippen LogP contribution in [0.25, 0.3) is 0 Å². The Morgan fingerprint density at radius 2 is 0.677 bits per heavy atom. The summed E-state index contributed by atoms with van der Waals surface area (Å²) < 4.78 is 16.7. The second-order valence-electron chi connectivity index (χ2n) is 17.1. The largest absolute Gasteiger partial charge is 0.462 e. The molecule has 0 aromatic rings. The van der Waals surface area contributed by atoms with Crippen molar-refractivity contribution < 1.29 is 28.6 Å². The van der Waals surface area contributed by atoms with E-state index in [0.29, 0.717) is 25.7 Å². The van der Waals surface area contributed by atoms with Crippen LogP contribution in [0.15, 0.2) is 72.9 Å². The number of esters is 3. The van der Waals surface area contributed by atoms with Gasteiger partial charge in [-0.2, -0.15) is 0 Å². The van der Waals surface area contributed by atoms with E-state index in [9.17, 15) is 14.4 Å². The van der Waals surface area contributed by atoms with Crippen LogP contribution in [0.4, 0.5) is 0 Å². The van der Waals surface area contributed by atoms with Gasteiger partial charge in [0.25, 0.3) is 0 Å². The van der Waals surface area contributed by atoms with Crippen LogP contribution >= 0.6 is 0 Å². The topological polar surface area (TPSA) is 78.9 Å². The molecule has 0 bridgehead atoms. The summed E-state index contributed by atoms with van der Waals surface area (Å²) in [6.07, 6.45) is 63.5. The molecule has 6 heteroatoms. The lowest BCUT2D eigenvalue weighted by atomic mass is 10.0. The molecule has 1 atom stereocenters. The lowest BCUT2D eigenvalue weighted by Gasteiger charge is -2.18. The third-order valence-corrected chi connectivity index (χ3v) is 11.0. The van der Waals surface area contributed by atoms with E-state index in [1.807, 2.05) is 12.2 Å². The molecule has 0 aromatic heterocycles. The Labute approximate surface area is 382 Å². The highest BCUT2D eigenvalue weighted by atomic mass is 16.6. The normalized spacial score (nSPS) is 12.6. The molecule has 0 saturated carbocycles. The number of carbonyl (C=O) groups is 3. The van der Waals surface area contributed by atoms with Crippen molar-refractivity contribution in [3.8, 4) is 0 Å². The first-order valence-corrected chi connectivity index (χ1v) is 25.9. The molecular formula is C56H96O6. The zero-order chi connectivity index (χ0) is 45.1. The quantitative estimate of drug-likeness (QED) is 0.0262. The highest BCUT2D eigenvalue weighted by Crippen LogP contribution is 2.15. The van der Waals surface area contributed by atoms with Gasteiger partial charge in [0.1, 0.15) is 13.2 Å². The molecule has 0 aromatic carbocycles. The number of allylic oxidation sites excluding steroid dienone is 12. The smallest absolute Gasteiger partial charge is 0.306 e. The molecule has 0 aliphatic rings. The highest BCUT2D eigenvalue weighted by Gasteiger charge is 2.19. The first-order chi connectivity index (χ1) is 30.5. The van der Waals surface area contributed by atoms with E-state index in [-0.39, 0.29) is 31.6 Å². The minimum atomic E-state index is -0.822. The minimum Gasteiger partial charge on any atom is -0.462 e. The third-order valence-electron chi connectivity index (χ3n) is 11.0. The van der Waals surface area contributed by atoms with E-state index in [1.54, 1.807) is 0 Å². The maximum Gasteiger partial charge on any atom is 0.306 e. The van der Waals surface area contributed by atoms with Crippen molar-refractivity contribution in [3.05, 3.63) is 72.9 Å². The van der Waals surface area contributed by atoms with E-state index >= 15 is 0 Å². The molecule has 0 amide bonds. The van der Waals surface area contributed by atoms with Crippen molar-refractivity contribution in [1.82, 2.24) is 0 Å². The average Bonchev–Trinajstić information content (AvgIpc) is 3.27. The van der Waals surface area contributed by atoms with E-state index in [1.165, 1.54) is 128 Å². The Balaban J connectivity index is 4.39. The maximum absolute atomic E-state index is 12.7. The van der Waals surface area contributed by atoms with Crippen LogP contribution in [0.5, 0.6) is 0 Å². The molecule has 6 nitrogen and oxygen atoms in total. The zero-order valence-electron chi connectivity index (χ0n) is 40.6. The van der Waals surface area contributed by atoms with Crippen LogP contribution in [0.3, 0.4) is 0 Å². The summed E-state index contributed by atoms with van der Waals surface area (Å²) in [6.45, 7) is 6.41. The summed E-state index contributed by atoms with van der Waals surface area (Å²) in [4.78, 5) is 37.8. The Bertz CT molecular complexity index is 1180. The number of ether oxygens (including phenoxy) is 3. The number of rotatable bonds is 46. The second-order valence-corrected chi connectivity index (χ2v) is 17.1. The van der Waals surface area contributed by atoms with Gasteiger partial charge in [-0.05, 0) is 70.6 Å². The second kappa shape index (κ2) is 50.5. The van der Waals surface area contributed by atoms with Crippen molar-refractivity contribution >= 4 is 17.9 Å². The molecule has 0 fully saturated rings. The summed E-state index contributed by atoms with van der Waals surface area (Å²) in [5, 5.41) is 0. The van der Waals surface area contributed by atoms with E-state index in [2.05, 4.69) is 81.5 Å². The van der Waals surface area contributed by atoms with Crippen LogP contribution < -0.4 is 0 Å². The fourth-order valence-electron chi connectivity index (χ4n) is 7.08. The highest BCUT2D eigenvalue weighted by molar-refractivity contribution is 5.71. The Kier molecular flexibility index (Phi) is 47.9. The van der Waals surface area contributed by atoms with E-state index in [4.69, 9.17) is 14.2 Å². The van der Waals surface area contributed by atoms with E-state index in [0.717, 1.165) is 64.2 Å². The first-order valence-electron chi connectivity index (χ1n) is 25.9. The van der Waals surface area contributed by atoms with Gasteiger partial charge in [-0.3, -0.25) is 14.4 Å². The molecule has 0 spiro atoms. The van der Waals surface area contributed by atoms with Crippen LogP contribution in [0.2, 0.25) is 0 Å². The van der Waals surface area contributed by atoms with Crippen molar-refractivity contribution in [1.29, 1.82) is 0 Å². The third kappa shape index (κ3) is 47.9. The minimum absolute atomic E-state index is 0.112. The fraction of sp³-hybridized carbons (Fsp3) is 0.732. The fourth-order valence-corrected chi connectivity index (χ4v) is 7.08. The lowest BCUT2D eigenvalue weighted by Crippen LogP contribution is -2.30. The van der Waals surface area contributed by atoms with Crippen LogP contribution in [-0.4, -0.2) is 37.2 Å². The predicted octanol–water partition coefficient (Wildman–Crippen LogP) is 17.0. The van der Waals surface area contributed by atoms with Gasteiger partial charge in [-0.25, -0.2) is 0 Å². The van der Waals surface area contributed by atoms with Crippen LogP contribution in [0.1, 0.15) is 245 Å². The van der Waals surface area contributed by atoms with Gasteiger partial charge < -0.3 is 14.2 Å². The molecule has 0 N–H and O–H groups in total. The molecule has 0 heterocycles. The molecule has 0 saturated heterocycles. The molecule has 0 rings (SSSR count). The first kappa shape index (κ1) is 58.9. The van der Waals surface area contributed by atoms with Crippen molar-refractivity contribution in [2.45, 2.75) is 252 Å². The number of hydrogen-bond acceptors (Lipinski definition) is 6. The predicted molar refractivity (Wildman–Crippen MR) is 265 cm³/mol. The number of carbonyl (C=O) groups excluding carboxylic acids is 3. The van der Waals surface area contributed by atoms with Crippen molar-refractivity contribution in [2.24, 2.45) is 0 Å². The molecule has 1 unspecified atom stereocenters. The summed E-state index contributed by atoms with van der Waals surface area (Å²) in [7, 11) is 0. The van der Waals surface area contributed by atoms with Gasteiger partial charge in [0, 0.05) is 19.3 Å². The molecule has 0 aliphatic carbocycles. The standard InChI is InChI=1S/C56H96O6/c1-4-7-10-13-16-19-21-23-25-27-28-29-31-32-34-37-40-43-46-49-55(58)61-52-53(51-60-54(57)48-45-42-39-36-18-15-12-9-6-3)62-56(59)50-47-44-41-38-35-33-30-26-24-22-20-17-14-11-8-5-2/h8,11,17,20,24,26,33,35-36,39,41,44,53H,4-7,9-10,12-16,18-19,21-23,25,27-32,34,37-38,40,42-43,45-52H2,1-3H3/b11-8-,20-17-,26-24-,35-33-,39-36-,44-41-. The van der Waals surface area contributed by atoms with E-state index < -0.39 is 12.1 Å². The van der Waals surface area contributed by atoms with Crippen molar-refractivity contribution in [2.75, 3.05) is 13.2 Å². The number of hydrogen-bond donors (Lipinski definition) is 0. The summed E-state index contributed by atoms with van der Waals surface area (Å²) in [5.41, 5.74) is 0. The van der Waals surface area contributed by atoms with Gasteiger partial charge >= 0.3 is 17.9 Å². The molecule has 0 radical (unpaired) electrons. The molecular weight excluding hydrogens is 769 g/mol. The summed E-state index contributed by atoms with van der Waals surface area (Å²) in [6, 6.07) is 0. The summed E-state index contributed by atoms with van der Waals surface area (Å²) in [5.74, 6) is -1.03. The van der Waals surface area contributed by atoms with Crippen molar-refractivity contribution in [3.63, 3.8) is 0 Å². The monoisotopic (exact) mass is 865 g/mol. The van der Waals surface area contributed by atoms with Gasteiger partial charge in [0.05, 0.1) is 0 Å².